The number of hydrogen-bond acceptors (Lipinski definition) is 3. The van der Waals surface area contributed by atoms with Crippen LogP contribution in [0.5, 0.6) is 0 Å². The van der Waals surface area contributed by atoms with Gasteiger partial charge in [-0.05, 0) is 37.2 Å². The van der Waals surface area contributed by atoms with E-state index in [1.54, 1.807) is 0 Å². The molecule has 5 rings (SSSR count). The number of nitrogens with zero attached hydrogens (tertiary/aromatic N) is 2. The van der Waals surface area contributed by atoms with E-state index in [9.17, 15) is 9.59 Å². The van der Waals surface area contributed by atoms with Crippen LogP contribution in [0, 0.1) is 18.8 Å². The van der Waals surface area contributed by atoms with Gasteiger partial charge in [-0.2, -0.15) is 0 Å². The fourth-order valence-electron chi connectivity index (χ4n) is 4.88. The summed E-state index contributed by atoms with van der Waals surface area (Å²) < 4.78 is 0. The van der Waals surface area contributed by atoms with E-state index in [0.29, 0.717) is 5.69 Å². The summed E-state index contributed by atoms with van der Waals surface area (Å²) in [7, 11) is 2.03. The number of carbonyl (C=O) groups is 2. The van der Waals surface area contributed by atoms with Gasteiger partial charge in [0.15, 0.2) is 0 Å². The zero-order valence-corrected chi connectivity index (χ0v) is 13.6. The summed E-state index contributed by atoms with van der Waals surface area (Å²) in [5.41, 5.74) is 4.22. The fourth-order valence-corrected chi connectivity index (χ4v) is 4.88. The van der Waals surface area contributed by atoms with Gasteiger partial charge in [0, 0.05) is 12.1 Å². The molecule has 0 aliphatic carbocycles. The van der Waals surface area contributed by atoms with Crippen LogP contribution in [0.15, 0.2) is 48.5 Å². The number of anilines is 1. The Morgan fingerprint density at radius 3 is 1.79 bits per heavy atom. The number of aryl methyl sites for hydroxylation is 1. The molecule has 0 radical (unpaired) electrons. The number of imide groups is 1. The van der Waals surface area contributed by atoms with Crippen molar-refractivity contribution in [3.05, 3.63) is 65.2 Å². The van der Waals surface area contributed by atoms with Crippen LogP contribution in [0.4, 0.5) is 5.69 Å². The molecular weight excluding hydrogens is 300 g/mol. The predicted molar refractivity (Wildman–Crippen MR) is 90.3 cm³/mol. The summed E-state index contributed by atoms with van der Waals surface area (Å²) >= 11 is 0. The maximum Gasteiger partial charge on any atom is 0.239 e. The van der Waals surface area contributed by atoms with Crippen molar-refractivity contribution in [3.8, 4) is 0 Å². The highest BCUT2D eigenvalue weighted by atomic mass is 16.2. The largest absolute Gasteiger partial charge is 0.291 e. The second-order valence-electron chi connectivity index (χ2n) is 7.08. The van der Waals surface area contributed by atoms with Gasteiger partial charge in [0.1, 0.15) is 0 Å². The molecule has 0 unspecified atom stereocenters. The van der Waals surface area contributed by atoms with Crippen molar-refractivity contribution < 1.29 is 9.59 Å². The van der Waals surface area contributed by atoms with Crippen LogP contribution < -0.4 is 4.90 Å². The summed E-state index contributed by atoms with van der Waals surface area (Å²) in [5.74, 6) is -0.627. The lowest BCUT2D eigenvalue weighted by Crippen LogP contribution is -2.35. The zero-order valence-electron chi connectivity index (χ0n) is 13.6. The van der Waals surface area contributed by atoms with E-state index in [2.05, 4.69) is 17.0 Å². The molecule has 2 aromatic carbocycles. The van der Waals surface area contributed by atoms with Crippen LogP contribution in [0.2, 0.25) is 0 Å². The molecule has 3 heterocycles. The second-order valence-corrected chi connectivity index (χ2v) is 7.08. The first-order valence-corrected chi connectivity index (χ1v) is 8.35. The Bertz CT molecular complexity index is 824. The van der Waals surface area contributed by atoms with Crippen molar-refractivity contribution in [1.29, 1.82) is 0 Å². The monoisotopic (exact) mass is 318 g/mol. The highest BCUT2D eigenvalue weighted by Crippen LogP contribution is 2.61. The van der Waals surface area contributed by atoms with Crippen LogP contribution in [-0.2, 0) is 9.59 Å². The molecule has 24 heavy (non-hydrogen) atoms. The Morgan fingerprint density at radius 1 is 0.792 bits per heavy atom. The minimum atomic E-state index is -0.260. The summed E-state index contributed by atoms with van der Waals surface area (Å²) in [6.07, 6.45) is 0. The molecule has 2 bridgehead atoms. The maximum atomic E-state index is 13.1. The lowest BCUT2D eigenvalue weighted by atomic mass is 9.77. The molecule has 0 N–H and O–H groups in total. The minimum absolute atomic E-state index is 0.0168. The van der Waals surface area contributed by atoms with E-state index >= 15 is 0 Å². The molecule has 0 saturated carbocycles. The van der Waals surface area contributed by atoms with Crippen molar-refractivity contribution >= 4 is 17.5 Å². The van der Waals surface area contributed by atoms with Gasteiger partial charge >= 0.3 is 0 Å². The van der Waals surface area contributed by atoms with Crippen molar-refractivity contribution in [2.75, 3.05) is 11.9 Å². The molecule has 3 aliphatic heterocycles. The van der Waals surface area contributed by atoms with Gasteiger partial charge in [-0.15, -0.1) is 0 Å². The summed E-state index contributed by atoms with van der Waals surface area (Å²) in [4.78, 5) is 29.8. The molecule has 4 atom stereocenters. The van der Waals surface area contributed by atoms with Gasteiger partial charge in [-0.3, -0.25) is 14.5 Å². The van der Waals surface area contributed by atoms with Crippen LogP contribution >= 0.6 is 0 Å². The standard InChI is InChI=1S/C20H18N2O2/c1-11-7-9-12(10-8-11)22-19(23)15-16(20(22)24)18-14-6-4-3-5-13(14)17(15)21(18)2/h3-10,15-18H,1-2H3/t15-,16-,17-,18+/m0/s1. The number of carbonyl (C=O) groups excluding carboxylic acids is 2. The van der Waals surface area contributed by atoms with Crippen LogP contribution in [0.25, 0.3) is 0 Å². The van der Waals surface area contributed by atoms with E-state index in [1.165, 1.54) is 16.0 Å². The SMILES string of the molecule is Cc1ccc(N2C(=O)[C@H]3[C@H](C2=O)[C@@H]2c4ccccc4[C@H]3N2C)cc1. The Kier molecular flexibility index (Phi) is 2.64. The number of rotatable bonds is 1. The highest BCUT2D eigenvalue weighted by molar-refractivity contribution is 6.23. The topological polar surface area (TPSA) is 40.6 Å². The van der Waals surface area contributed by atoms with Crippen LogP contribution in [0.1, 0.15) is 28.8 Å². The number of amides is 2. The Labute approximate surface area is 140 Å². The van der Waals surface area contributed by atoms with E-state index in [1.807, 2.05) is 50.4 Å². The van der Waals surface area contributed by atoms with E-state index in [-0.39, 0.29) is 35.7 Å². The molecule has 120 valence electrons. The molecule has 2 aromatic rings. The minimum Gasteiger partial charge on any atom is -0.291 e. The third kappa shape index (κ3) is 1.52. The van der Waals surface area contributed by atoms with Crippen molar-refractivity contribution in [3.63, 3.8) is 0 Å². The van der Waals surface area contributed by atoms with E-state index in [0.717, 1.165) is 5.56 Å². The average molecular weight is 318 g/mol. The molecule has 4 nitrogen and oxygen atoms in total. The quantitative estimate of drug-likeness (QED) is 0.759. The van der Waals surface area contributed by atoms with E-state index < -0.39 is 0 Å². The number of benzene rings is 2. The van der Waals surface area contributed by atoms with Crippen molar-refractivity contribution in [2.45, 2.75) is 19.0 Å². The van der Waals surface area contributed by atoms with Gasteiger partial charge in [0.05, 0.1) is 17.5 Å². The van der Waals surface area contributed by atoms with Gasteiger partial charge < -0.3 is 0 Å². The maximum absolute atomic E-state index is 13.1. The molecule has 3 aliphatic rings. The number of hydrogen-bond donors (Lipinski definition) is 0. The normalized spacial score (nSPS) is 30.8. The third-order valence-electron chi connectivity index (χ3n) is 5.88. The summed E-state index contributed by atoms with van der Waals surface area (Å²) in [5, 5.41) is 0. The Morgan fingerprint density at radius 2 is 1.29 bits per heavy atom. The lowest BCUT2D eigenvalue weighted by Gasteiger charge is -2.22. The van der Waals surface area contributed by atoms with Crippen molar-refractivity contribution in [2.24, 2.45) is 11.8 Å². The Balaban J connectivity index is 1.61. The van der Waals surface area contributed by atoms with Crippen LogP contribution in [-0.4, -0.2) is 23.8 Å². The molecule has 0 aromatic heterocycles. The average Bonchev–Trinajstić information content (AvgIpc) is 3.14. The Hall–Kier alpha value is -2.46. The van der Waals surface area contributed by atoms with E-state index in [4.69, 9.17) is 0 Å². The van der Waals surface area contributed by atoms with Crippen molar-refractivity contribution in [1.82, 2.24) is 4.90 Å². The molecule has 4 heteroatoms. The van der Waals surface area contributed by atoms with Gasteiger partial charge in [0.25, 0.3) is 0 Å². The summed E-state index contributed by atoms with van der Waals surface area (Å²) in [6.45, 7) is 2.00. The fraction of sp³-hybridized carbons (Fsp3) is 0.300. The lowest BCUT2D eigenvalue weighted by molar-refractivity contribution is -0.123. The smallest absolute Gasteiger partial charge is 0.239 e. The molecule has 2 saturated heterocycles. The molecule has 2 amide bonds. The molecule has 2 fully saturated rings. The number of fused-ring (bicyclic) bond motifs is 8. The first-order chi connectivity index (χ1) is 11.6. The molecule has 0 spiro atoms. The van der Waals surface area contributed by atoms with Gasteiger partial charge in [-0.25, -0.2) is 4.90 Å². The predicted octanol–water partition coefficient (Wildman–Crippen LogP) is 2.84. The van der Waals surface area contributed by atoms with Crippen LogP contribution in [0.3, 0.4) is 0 Å². The highest BCUT2D eigenvalue weighted by Gasteiger charge is 2.65. The second kappa shape index (κ2) is 4.54. The third-order valence-corrected chi connectivity index (χ3v) is 5.88. The molecular formula is C20H18N2O2. The zero-order chi connectivity index (χ0) is 16.6. The van der Waals surface area contributed by atoms with Gasteiger partial charge in [0.2, 0.25) is 11.8 Å². The van der Waals surface area contributed by atoms with Gasteiger partial charge in [-0.1, -0.05) is 42.0 Å². The first kappa shape index (κ1) is 13.9. The first-order valence-electron chi connectivity index (χ1n) is 8.35. The summed E-state index contributed by atoms with van der Waals surface area (Å²) in [6, 6.07) is 15.9.